The molecule has 2 aromatic carbocycles. The lowest BCUT2D eigenvalue weighted by molar-refractivity contribution is -0.133. The van der Waals surface area contributed by atoms with Crippen molar-refractivity contribution in [3.05, 3.63) is 88.9 Å². The summed E-state index contributed by atoms with van der Waals surface area (Å²) < 4.78 is 20.2. The highest BCUT2D eigenvalue weighted by molar-refractivity contribution is 5.87. The van der Waals surface area contributed by atoms with Crippen LogP contribution >= 0.6 is 12.4 Å². The lowest BCUT2D eigenvalue weighted by Gasteiger charge is -2.25. The number of benzene rings is 2. The SMILES string of the molecule is Cc1ccccc1/C(=C/OCCN1CCC=C(C(=O)O)C1)c1ccccc1F.Cl. The van der Waals surface area contributed by atoms with Gasteiger partial charge in [-0.1, -0.05) is 48.5 Å². The molecule has 0 unspecified atom stereocenters. The predicted octanol–water partition coefficient (Wildman–Crippen LogP) is 4.68. The van der Waals surface area contributed by atoms with Crippen molar-refractivity contribution in [1.29, 1.82) is 0 Å². The van der Waals surface area contributed by atoms with Crippen LogP contribution in [0.15, 0.2) is 66.4 Å². The van der Waals surface area contributed by atoms with Gasteiger partial charge in [-0.2, -0.15) is 0 Å². The van der Waals surface area contributed by atoms with E-state index < -0.39 is 5.97 Å². The maximum Gasteiger partial charge on any atom is 0.332 e. The number of aliphatic carboxylic acids is 1. The van der Waals surface area contributed by atoms with Crippen LogP contribution in [0.1, 0.15) is 23.1 Å². The van der Waals surface area contributed by atoms with Crippen LogP contribution in [0.25, 0.3) is 5.57 Å². The van der Waals surface area contributed by atoms with Gasteiger partial charge in [-0.25, -0.2) is 9.18 Å². The second kappa shape index (κ2) is 10.8. The minimum Gasteiger partial charge on any atom is -0.499 e. The minimum atomic E-state index is -0.869. The molecule has 3 rings (SSSR count). The molecule has 2 aromatic rings. The number of halogens is 2. The fourth-order valence-electron chi connectivity index (χ4n) is 3.30. The van der Waals surface area contributed by atoms with E-state index in [9.17, 15) is 9.18 Å². The lowest BCUT2D eigenvalue weighted by atomic mass is 9.95. The number of aryl methyl sites for hydroxylation is 1. The molecule has 1 aliphatic rings. The van der Waals surface area contributed by atoms with E-state index in [-0.39, 0.29) is 18.2 Å². The molecule has 0 aromatic heterocycles. The summed E-state index contributed by atoms with van der Waals surface area (Å²) in [5.41, 5.74) is 3.56. The van der Waals surface area contributed by atoms with E-state index in [0.29, 0.717) is 36.4 Å². The van der Waals surface area contributed by atoms with E-state index in [1.165, 1.54) is 6.07 Å². The van der Waals surface area contributed by atoms with E-state index in [1.807, 2.05) is 36.1 Å². The van der Waals surface area contributed by atoms with Gasteiger partial charge in [0.1, 0.15) is 12.4 Å². The molecule has 0 bridgehead atoms. The van der Waals surface area contributed by atoms with Crippen LogP contribution in [0, 0.1) is 12.7 Å². The molecule has 0 aliphatic carbocycles. The first kappa shape index (κ1) is 22.7. The van der Waals surface area contributed by atoms with Crippen LogP contribution in [0.5, 0.6) is 0 Å². The van der Waals surface area contributed by atoms with E-state index >= 15 is 0 Å². The van der Waals surface area contributed by atoms with E-state index in [0.717, 1.165) is 24.1 Å². The molecule has 0 atom stereocenters. The molecule has 4 nitrogen and oxygen atoms in total. The van der Waals surface area contributed by atoms with Crippen LogP contribution in [0.4, 0.5) is 4.39 Å². The van der Waals surface area contributed by atoms with Crippen LogP contribution in [0.2, 0.25) is 0 Å². The molecule has 1 heterocycles. The van der Waals surface area contributed by atoms with Crippen molar-refractivity contribution in [2.75, 3.05) is 26.2 Å². The zero-order valence-corrected chi connectivity index (χ0v) is 17.1. The van der Waals surface area contributed by atoms with Gasteiger partial charge in [0.25, 0.3) is 0 Å². The van der Waals surface area contributed by atoms with Crippen LogP contribution in [0.3, 0.4) is 0 Å². The first-order chi connectivity index (χ1) is 13.6. The molecule has 0 spiro atoms. The first-order valence-electron chi connectivity index (χ1n) is 9.33. The Morgan fingerprint density at radius 1 is 1.17 bits per heavy atom. The Bertz CT molecular complexity index is 863. The molecule has 1 aliphatic heterocycles. The van der Waals surface area contributed by atoms with Crippen molar-refractivity contribution in [2.45, 2.75) is 13.3 Å². The Morgan fingerprint density at radius 2 is 1.86 bits per heavy atom. The molecule has 0 fully saturated rings. The Labute approximate surface area is 176 Å². The minimum absolute atomic E-state index is 0. The maximum atomic E-state index is 14.4. The Morgan fingerprint density at radius 3 is 2.55 bits per heavy atom. The molecule has 0 saturated carbocycles. The van der Waals surface area contributed by atoms with E-state index in [1.54, 1.807) is 30.5 Å². The molecule has 1 N–H and O–H groups in total. The molecule has 6 heteroatoms. The van der Waals surface area contributed by atoms with Gasteiger partial charge in [-0.3, -0.25) is 4.90 Å². The maximum absolute atomic E-state index is 14.4. The molecule has 0 saturated heterocycles. The summed E-state index contributed by atoms with van der Waals surface area (Å²) in [6.45, 7) is 4.22. The largest absolute Gasteiger partial charge is 0.499 e. The molecule has 154 valence electrons. The fourth-order valence-corrected chi connectivity index (χ4v) is 3.30. The third-order valence-electron chi connectivity index (χ3n) is 4.83. The van der Waals surface area contributed by atoms with Gasteiger partial charge >= 0.3 is 5.97 Å². The van der Waals surface area contributed by atoms with Gasteiger partial charge in [0.2, 0.25) is 0 Å². The number of hydrogen-bond donors (Lipinski definition) is 1. The van der Waals surface area contributed by atoms with Crippen LogP contribution in [-0.4, -0.2) is 42.2 Å². The number of carboxylic acids is 1. The topological polar surface area (TPSA) is 49.8 Å². The average molecular weight is 418 g/mol. The first-order valence-corrected chi connectivity index (χ1v) is 9.33. The highest BCUT2D eigenvalue weighted by Gasteiger charge is 2.17. The summed E-state index contributed by atoms with van der Waals surface area (Å²) in [5.74, 6) is -1.17. The van der Waals surface area contributed by atoms with Gasteiger partial charge in [-0.05, 0) is 30.5 Å². The highest BCUT2D eigenvalue weighted by Crippen LogP contribution is 2.28. The van der Waals surface area contributed by atoms with E-state index in [4.69, 9.17) is 9.84 Å². The number of nitrogens with zero attached hydrogens (tertiary/aromatic N) is 1. The summed E-state index contributed by atoms with van der Waals surface area (Å²) in [4.78, 5) is 13.2. The fraction of sp³-hybridized carbons (Fsp3) is 0.261. The van der Waals surface area contributed by atoms with Crippen molar-refractivity contribution in [2.24, 2.45) is 0 Å². The molecular formula is C23H25ClFNO3. The monoisotopic (exact) mass is 417 g/mol. The summed E-state index contributed by atoms with van der Waals surface area (Å²) in [7, 11) is 0. The van der Waals surface area contributed by atoms with Gasteiger partial charge in [0.05, 0.1) is 6.26 Å². The van der Waals surface area contributed by atoms with Gasteiger partial charge in [0.15, 0.2) is 0 Å². The van der Waals surface area contributed by atoms with Crippen LogP contribution < -0.4 is 0 Å². The van der Waals surface area contributed by atoms with Crippen molar-refractivity contribution in [3.63, 3.8) is 0 Å². The Hall–Kier alpha value is -2.63. The Kier molecular flexibility index (Phi) is 8.43. The number of ether oxygens (including phenoxy) is 1. The molecule has 29 heavy (non-hydrogen) atoms. The predicted molar refractivity (Wildman–Crippen MR) is 115 cm³/mol. The molecule has 0 amide bonds. The van der Waals surface area contributed by atoms with Gasteiger partial charge in [0, 0.05) is 36.3 Å². The van der Waals surface area contributed by atoms with Gasteiger partial charge < -0.3 is 9.84 Å². The highest BCUT2D eigenvalue weighted by atomic mass is 35.5. The summed E-state index contributed by atoms with van der Waals surface area (Å²) in [6, 6.07) is 14.5. The summed E-state index contributed by atoms with van der Waals surface area (Å²) in [6.07, 6.45) is 4.11. The summed E-state index contributed by atoms with van der Waals surface area (Å²) in [5, 5.41) is 9.13. The van der Waals surface area contributed by atoms with Crippen molar-refractivity contribution in [3.8, 4) is 0 Å². The standard InChI is InChI=1S/C23H24FNO3.ClH/c1-17-7-2-3-9-19(17)21(20-10-4-5-11-22(20)24)16-28-14-13-25-12-6-8-18(15-25)23(26)27;/h2-5,7-11,16H,6,12-15H2,1H3,(H,26,27);1H/b21-16-;. The number of rotatable bonds is 7. The lowest BCUT2D eigenvalue weighted by Crippen LogP contribution is -2.34. The normalized spacial score (nSPS) is 14.7. The van der Waals surface area contributed by atoms with Crippen molar-refractivity contribution >= 4 is 23.9 Å². The van der Waals surface area contributed by atoms with E-state index in [2.05, 4.69) is 0 Å². The summed E-state index contributed by atoms with van der Waals surface area (Å²) >= 11 is 0. The van der Waals surface area contributed by atoms with Crippen molar-refractivity contribution < 1.29 is 19.0 Å². The number of carbonyl (C=O) groups is 1. The smallest absolute Gasteiger partial charge is 0.332 e. The zero-order chi connectivity index (χ0) is 19.9. The Balaban J connectivity index is 0.00000300. The van der Waals surface area contributed by atoms with Crippen LogP contribution in [-0.2, 0) is 9.53 Å². The zero-order valence-electron chi connectivity index (χ0n) is 16.3. The van der Waals surface area contributed by atoms with Crippen molar-refractivity contribution in [1.82, 2.24) is 4.90 Å². The van der Waals surface area contributed by atoms with Gasteiger partial charge in [-0.15, -0.1) is 12.4 Å². The number of hydrogen-bond acceptors (Lipinski definition) is 3. The average Bonchev–Trinajstić information content (AvgIpc) is 2.70. The second-order valence-electron chi connectivity index (χ2n) is 6.80. The quantitative estimate of drug-likeness (QED) is 0.525. The molecular weight excluding hydrogens is 393 g/mol. The number of carboxylic acid groups (broad SMARTS) is 1. The molecule has 0 radical (unpaired) electrons. The third kappa shape index (κ3) is 5.92. The second-order valence-corrected chi connectivity index (χ2v) is 6.80. The third-order valence-corrected chi connectivity index (χ3v) is 4.83.